The molecule has 0 N–H and O–H groups in total. The first kappa shape index (κ1) is 13.2. The second kappa shape index (κ2) is 6.68. The van der Waals surface area contributed by atoms with E-state index in [9.17, 15) is 4.79 Å². The Morgan fingerprint density at radius 1 is 1.06 bits per heavy atom. The van der Waals surface area contributed by atoms with Gasteiger partial charge in [-0.3, -0.25) is 4.79 Å². The van der Waals surface area contributed by atoms with Crippen LogP contribution in [-0.2, 0) is 11.2 Å². The second-order valence-corrected chi connectivity index (χ2v) is 3.55. The lowest BCUT2D eigenvalue weighted by Crippen LogP contribution is -2.33. The Balaban J connectivity index is 2.71. The molecule has 0 heterocycles. The Morgan fingerprint density at radius 3 is 2.06 bits per heavy atom. The summed E-state index contributed by atoms with van der Waals surface area (Å²) < 4.78 is 0. The summed E-state index contributed by atoms with van der Waals surface area (Å²) in [6.45, 7) is -0.189. The molecule has 5 nitrogen and oxygen atoms in total. The molecule has 0 saturated heterocycles. The summed E-state index contributed by atoms with van der Waals surface area (Å²) in [5, 5.41) is 25.8. The number of nitriles is 3. The van der Waals surface area contributed by atoms with Crippen molar-refractivity contribution in [3.8, 4) is 18.2 Å². The summed E-state index contributed by atoms with van der Waals surface area (Å²) in [6, 6.07) is 12.3. The Morgan fingerprint density at radius 2 is 1.61 bits per heavy atom. The van der Waals surface area contributed by atoms with Gasteiger partial charge < -0.3 is 4.90 Å². The van der Waals surface area contributed by atoms with E-state index in [2.05, 4.69) is 0 Å². The van der Waals surface area contributed by atoms with Gasteiger partial charge in [-0.15, -0.1) is 0 Å². The van der Waals surface area contributed by atoms with Crippen molar-refractivity contribution < 1.29 is 4.79 Å². The molecular formula is C13H10N4O. The van der Waals surface area contributed by atoms with E-state index >= 15 is 0 Å². The number of nitrogens with zero attached hydrogens (tertiary/aromatic N) is 4. The van der Waals surface area contributed by atoms with Gasteiger partial charge in [-0.05, 0) is 17.7 Å². The molecule has 0 spiro atoms. The van der Waals surface area contributed by atoms with Crippen molar-refractivity contribution in [1.29, 1.82) is 15.8 Å². The summed E-state index contributed by atoms with van der Waals surface area (Å²) in [5.41, 5.74) is 1.27. The lowest BCUT2D eigenvalue weighted by molar-refractivity contribution is -0.129. The van der Waals surface area contributed by atoms with Crippen LogP contribution in [-0.4, -0.2) is 23.9 Å². The number of carbonyl (C=O) groups is 1. The van der Waals surface area contributed by atoms with E-state index in [1.54, 1.807) is 24.3 Å². The Kier molecular flexibility index (Phi) is 4.91. The summed E-state index contributed by atoms with van der Waals surface area (Å²) in [7, 11) is 0. The summed E-state index contributed by atoms with van der Waals surface area (Å²) >= 11 is 0. The molecule has 18 heavy (non-hydrogen) atoms. The maximum absolute atomic E-state index is 11.8. The van der Waals surface area contributed by atoms with Crippen LogP contribution in [0, 0.1) is 34.0 Å². The average Bonchev–Trinajstić information content (AvgIpc) is 2.39. The zero-order valence-corrected chi connectivity index (χ0v) is 9.63. The molecule has 1 amide bonds. The van der Waals surface area contributed by atoms with Crippen LogP contribution in [0.4, 0.5) is 0 Å². The van der Waals surface area contributed by atoms with Crippen molar-refractivity contribution in [2.24, 2.45) is 0 Å². The molecule has 0 saturated carbocycles. The smallest absolute Gasteiger partial charge is 0.228 e. The van der Waals surface area contributed by atoms with Crippen molar-refractivity contribution in [2.75, 3.05) is 13.1 Å². The van der Waals surface area contributed by atoms with Crippen molar-refractivity contribution in [3.05, 3.63) is 35.4 Å². The van der Waals surface area contributed by atoms with Crippen molar-refractivity contribution in [2.45, 2.75) is 6.42 Å². The first-order valence-corrected chi connectivity index (χ1v) is 5.22. The fourth-order valence-electron chi connectivity index (χ4n) is 1.39. The second-order valence-electron chi connectivity index (χ2n) is 3.55. The molecule has 1 rings (SSSR count). The molecule has 0 atom stereocenters. The highest BCUT2D eigenvalue weighted by molar-refractivity contribution is 5.79. The van der Waals surface area contributed by atoms with Gasteiger partial charge in [0, 0.05) is 0 Å². The van der Waals surface area contributed by atoms with Gasteiger partial charge in [0.25, 0.3) is 0 Å². The Hall–Kier alpha value is -2.84. The maximum atomic E-state index is 11.8. The zero-order valence-electron chi connectivity index (χ0n) is 9.63. The van der Waals surface area contributed by atoms with Crippen LogP contribution in [0.2, 0.25) is 0 Å². The zero-order chi connectivity index (χ0) is 13.4. The van der Waals surface area contributed by atoms with Crippen LogP contribution in [0.5, 0.6) is 0 Å². The maximum Gasteiger partial charge on any atom is 0.228 e. The predicted octanol–water partition coefficient (Wildman–Crippen LogP) is 0.977. The SMILES string of the molecule is N#CCN(CC#N)C(=O)Cc1ccc(C#N)cc1. The normalized spacial score (nSPS) is 8.72. The van der Waals surface area contributed by atoms with Crippen LogP contribution < -0.4 is 0 Å². The minimum atomic E-state index is -0.275. The van der Waals surface area contributed by atoms with E-state index in [-0.39, 0.29) is 25.4 Å². The van der Waals surface area contributed by atoms with E-state index in [4.69, 9.17) is 15.8 Å². The van der Waals surface area contributed by atoms with Gasteiger partial charge in [0.1, 0.15) is 13.1 Å². The van der Waals surface area contributed by atoms with E-state index < -0.39 is 0 Å². The van der Waals surface area contributed by atoms with Crippen LogP contribution in [0.1, 0.15) is 11.1 Å². The predicted molar refractivity (Wildman–Crippen MR) is 62.7 cm³/mol. The third-order valence-corrected chi connectivity index (χ3v) is 2.31. The van der Waals surface area contributed by atoms with Gasteiger partial charge in [-0.25, -0.2) is 0 Å². The highest BCUT2D eigenvalue weighted by Gasteiger charge is 2.13. The molecule has 0 aliphatic heterocycles. The number of carbonyl (C=O) groups excluding carboxylic acids is 1. The molecule has 0 aliphatic rings. The molecular weight excluding hydrogens is 228 g/mol. The van der Waals surface area contributed by atoms with Crippen LogP contribution in [0.15, 0.2) is 24.3 Å². The van der Waals surface area contributed by atoms with E-state index in [1.165, 1.54) is 4.90 Å². The van der Waals surface area contributed by atoms with Crippen molar-refractivity contribution in [1.82, 2.24) is 4.90 Å². The van der Waals surface area contributed by atoms with Gasteiger partial charge in [-0.2, -0.15) is 15.8 Å². The molecule has 88 valence electrons. The standard InChI is InChI=1S/C13H10N4O/c14-5-7-17(8-6-15)13(18)9-11-1-3-12(10-16)4-2-11/h1-4H,7-9H2. The molecule has 5 heteroatoms. The van der Waals surface area contributed by atoms with Gasteiger partial charge in [0.15, 0.2) is 0 Å². The number of benzene rings is 1. The lowest BCUT2D eigenvalue weighted by Gasteiger charge is -2.15. The molecule has 1 aromatic carbocycles. The molecule has 0 bridgehead atoms. The number of hydrogen-bond donors (Lipinski definition) is 0. The third kappa shape index (κ3) is 3.63. The van der Waals surface area contributed by atoms with E-state index in [1.807, 2.05) is 18.2 Å². The third-order valence-electron chi connectivity index (χ3n) is 2.31. The van der Waals surface area contributed by atoms with Crippen molar-refractivity contribution >= 4 is 5.91 Å². The van der Waals surface area contributed by atoms with Crippen molar-refractivity contribution in [3.63, 3.8) is 0 Å². The minimum absolute atomic E-state index is 0.0946. The lowest BCUT2D eigenvalue weighted by atomic mass is 10.1. The first-order valence-electron chi connectivity index (χ1n) is 5.22. The largest absolute Gasteiger partial charge is 0.316 e. The summed E-state index contributed by atoms with van der Waals surface area (Å²) in [4.78, 5) is 13.0. The fraction of sp³-hybridized carbons (Fsp3) is 0.231. The fourth-order valence-corrected chi connectivity index (χ4v) is 1.39. The summed E-state index contributed by atoms with van der Waals surface area (Å²) in [6.07, 6.45) is 0.120. The molecule has 0 radical (unpaired) electrons. The topological polar surface area (TPSA) is 91.7 Å². The molecule has 0 fully saturated rings. The average molecular weight is 238 g/mol. The van der Waals surface area contributed by atoms with Gasteiger partial charge in [0.05, 0.1) is 30.2 Å². The molecule has 0 aromatic heterocycles. The monoisotopic (exact) mass is 238 g/mol. The van der Waals surface area contributed by atoms with Crippen LogP contribution in [0.3, 0.4) is 0 Å². The van der Waals surface area contributed by atoms with Crippen LogP contribution >= 0.6 is 0 Å². The van der Waals surface area contributed by atoms with Gasteiger partial charge >= 0.3 is 0 Å². The quantitative estimate of drug-likeness (QED) is 0.731. The molecule has 1 aromatic rings. The number of amides is 1. The van der Waals surface area contributed by atoms with E-state index in [0.29, 0.717) is 5.56 Å². The molecule has 0 unspecified atom stereocenters. The number of rotatable bonds is 4. The number of hydrogen-bond acceptors (Lipinski definition) is 4. The Labute approximate surface area is 105 Å². The van der Waals surface area contributed by atoms with Crippen LogP contribution in [0.25, 0.3) is 0 Å². The summed E-state index contributed by atoms with van der Waals surface area (Å²) in [5.74, 6) is -0.275. The van der Waals surface area contributed by atoms with E-state index in [0.717, 1.165) is 5.56 Å². The minimum Gasteiger partial charge on any atom is -0.316 e. The highest BCUT2D eigenvalue weighted by atomic mass is 16.2. The van der Waals surface area contributed by atoms with Gasteiger partial charge in [-0.1, -0.05) is 12.1 Å². The molecule has 0 aliphatic carbocycles. The Bertz CT molecular complexity index is 526. The first-order chi connectivity index (χ1) is 8.71. The highest BCUT2D eigenvalue weighted by Crippen LogP contribution is 2.06. The van der Waals surface area contributed by atoms with Gasteiger partial charge in [0.2, 0.25) is 5.91 Å².